The maximum Gasteiger partial charge on any atom is 0.342 e. The second-order valence-electron chi connectivity index (χ2n) is 2.56. The van der Waals surface area contributed by atoms with Gasteiger partial charge < -0.3 is 4.74 Å². The number of ether oxygens (including phenoxy) is 1. The fraction of sp³-hybridized carbons (Fsp3) is 0.444. The lowest BCUT2D eigenvalue weighted by molar-refractivity contribution is 0.0524. The van der Waals surface area contributed by atoms with Gasteiger partial charge in [-0.1, -0.05) is 6.92 Å². The number of carbonyl (C=O) groups is 1. The van der Waals surface area contributed by atoms with E-state index in [9.17, 15) is 4.79 Å². The SMILES string of the molecule is CCOC(=O)c1cnc(CC)nc1Br. The van der Waals surface area contributed by atoms with Gasteiger partial charge in [0.2, 0.25) is 0 Å². The second kappa shape index (κ2) is 5.05. The summed E-state index contributed by atoms with van der Waals surface area (Å²) in [5.74, 6) is 0.298. The van der Waals surface area contributed by atoms with Gasteiger partial charge >= 0.3 is 5.97 Å². The molecule has 0 saturated carbocycles. The molecule has 1 heterocycles. The molecule has 0 saturated heterocycles. The molecule has 0 amide bonds. The number of nitrogens with zero attached hydrogens (tertiary/aromatic N) is 2. The van der Waals surface area contributed by atoms with Gasteiger partial charge in [-0.15, -0.1) is 0 Å². The Morgan fingerprint density at radius 1 is 1.57 bits per heavy atom. The molecule has 0 radical (unpaired) electrons. The molecule has 0 spiro atoms. The molecule has 0 aliphatic carbocycles. The number of aromatic nitrogens is 2. The number of hydrogen-bond donors (Lipinski definition) is 0. The van der Waals surface area contributed by atoms with Crippen LogP contribution < -0.4 is 0 Å². The Kier molecular flexibility index (Phi) is 4.00. The average molecular weight is 259 g/mol. The van der Waals surface area contributed by atoms with Gasteiger partial charge in [0, 0.05) is 12.6 Å². The van der Waals surface area contributed by atoms with Crippen LogP contribution in [0.2, 0.25) is 0 Å². The average Bonchev–Trinajstić information content (AvgIpc) is 2.17. The summed E-state index contributed by atoms with van der Waals surface area (Å²) < 4.78 is 5.32. The fourth-order valence-electron chi connectivity index (χ4n) is 0.911. The van der Waals surface area contributed by atoms with Gasteiger partial charge in [-0.25, -0.2) is 14.8 Å². The molecule has 0 aromatic carbocycles. The number of aryl methyl sites for hydroxylation is 1. The van der Waals surface area contributed by atoms with Crippen LogP contribution in [0.5, 0.6) is 0 Å². The van der Waals surface area contributed by atoms with Crippen LogP contribution in [0, 0.1) is 0 Å². The quantitative estimate of drug-likeness (QED) is 0.615. The van der Waals surface area contributed by atoms with Crippen molar-refractivity contribution >= 4 is 21.9 Å². The van der Waals surface area contributed by atoms with Crippen LogP contribution in [0.3, 0.4) is 0 Å². The van der Waals surface area contributed by atoms with Crippen LogP contribution in [0.4, 0.5) is 0 Å². The molecule has 76 valence electrons. The first-order chi connectivity index (χ1) is 6.69. The molecule has 0 fully saturated rings. The minimum Gasteiger partial charge on any atom is -0.462 e. The first-order valence-electron chi connectivity index (χ1n) is 4.37. The fourth-order valence-corrected chi connectivity index (χ4v) is 1.38. The van der Waals surface area contributed by atoms with Crippen LogP contribution in [0.1, 0.15) is 30.0 Å². The Hall–Kier alpha value is -0.970. The van der Waals surface area contributed by atoms with Gasteiger partial charge in [0.05, 0.1) is 6.61 Å². The van der Waals surface area contributed by atoms with Crippen LogP contribution in [0.15, 0.2) is 10.8 Å². The summed E-state index contributed by atoms with van der Waals surface area (Å²) in [6.45, 7) is 4.06. The summed E-state index contributed by atoms with van der Waals surface area (Å²) in [5, 5.41) is 0. The molecule has 5 heteroatoms. The first kappa shape index (κ1) is 11.1. The van der Waals surface area contributed by atoms with Gasteiger partial charge in [0.15, 0.2) is 0 Å². The van der Waals surface area contributed by atoms with Crippen molar-refractivity contribution < 1.29 is 9.53 Å². The summed E-state index contributed by atoms with van der Waals surface area (Å²) in [4.78, 5) is 19.5. The molecule has 0 bridgehead atoms. The van der Waals surface area contributed by atoms with Gasteiger partial charge in [-0.05, 0) is 22.9 Å². The van der Waals surface area contributed by atoms with E-state index in [2.05, 4.69) is 25.9 Å². The molecular formula is C9H11BrN2O2. The lowest BCUT2D eigenvalue weighted by Crippen LogP contribution is -2.08. The monoisotopic (exact) mass is 258 g/mol. The third kappa shape index (κ3) is 2.51. The third-order valence-corrected chi connectivity index (χ3v) is 2.21. The Balaban J connectivity index is 2.94. The Morgan fingerprint density at radius 3 is 2.79 bits per heavy atom. The van der Waals surface area contributed by atoms with Gasteiger partial charge in [-0.3, -0.25) is 0 Å². The zero-order valence-corrected chi connectivity index (χ0v) is 9.67. The zero-order chi connectivity index (χ0) is 10.6. The van der Waals surface area contributed by atoms with Gasteiger partial charge in [0.1, 0.15) is 16.0 Å². The lowest BCUT2D eigenvalue weighted by Gasteiger charge is -2.03. The van der Waals surface area contributed by atoms with E-state index in [0.29, 0.717) is 22.6 Å². The van der Waals surface area contributed by atoms with Gasteiger partial charge in [-0.2, -0.15) is 0 Å². The van der Waals surface area contributed by atoms with Crippen LogP contribution in [0.25, 0.3) is 0 Å². The molecule has 0 atom stereocenters. The maximum absolute atomic E-state index is 11.3. The molecule has 1 aromatic rings. The molecule has 0 aliphatic rings. The highest BCUT2D eigenvalue weighted by Gasteiger charge is 2.12. The standard InChI is InChI=1S/C9H11BrN2O2/c1-3-7-11-5-6(8(10)12-7)9(13)14-4-2/h5H,3-4H2,1-2H3. The topological polar surface area (TPSA) is 52.1 Å². The summed E-state index contributed by atoms with van der Waals surface area (Å²) >= 11 is 3.21. The van der Waals surface area contributed by atoms with Crippen molar-refractivity contribution in [3.05, 3.63) is 22.2 Å². The van der Waals surface area contributed by atoms with Crippen molar-refractivity contribution in [2.45, 2.75) is 20.3 Å². The third-order valence-electron chi connectivity index (χ3n) is 1.60. The van der Waals surface area contributed by atoms with E-state index in [4.69, 9.17) is 4.74 Å². The number of esters is 1. The van der Waals surface area contributed by atoms with Crippen molar-refractivity contribution in [3.63, 3.8) is 0 Å². The molecule has 1 aromatic heterocycles. The van der Waals surface area contributed by atoms with E-state index in [-0.39, 0.29) is 0 Å². The second-order valence-corrected chi connectivity index (χ2v) is 3.32. The van der Waals surface area contributed by atoms with Crippen molar-refractivity contribution in [2.75, 3.05) is 6.61 Å². The predicted molar refractivity (Wildman–Crippen MR) is 55.1 cm³/mol. The number of rotatable bonds is 3. The molecular weight excluding hydrogens is 248 g/mol. The zero-order valence-electron chi connectivity index (χ0n) is 8.08. The summed E-state index contributed by atoms with van der Waals surface area (Å²) in [5.41, 5.74) is 0.365. The highest BCUT2D eigenvalue weighted by Crippen LogP contribution is 2.14. The highest BCUT2D eigenvalue weighted by molar-refractivity contribution is 9.10. The van der Waals surface area contributed by atoms with Crippen molar-refractivity contribution in [1.29, 1.82) is 0 Å². The van der Waals surface area contributed by atoms with Crippen molar-refractivity contribution in [2.24, 2.45) is 0 Å². The van der Waals surface area contributed by atoms with E-state index in [1.165, 1.54) is 6.20 Å². The van der Waals surface area contributed by atoms with Crippen molar-refractivity contribution in [1.82, 2.24) is 9.97 Å². The lowest BCUT2D eigenvalue weighted by atomic mass is 10.3. The normalized spacial score (nSPS) is 9.93. The summed E-state index contributed by atoms with van der Waals surface area (Å²) in [6.07, 6.45) is 2.22. The number of hydrogen-bond acceptors (Lipinski definition) is 4. The maximum atomic E-state index is 11.3. The Morgan fingerprint density at radius 2 is 2.29 bits per heavy atom. The van der Waals surface area contributed by atoms with E-state index < -0.39 is 5.97 Å². The Labute approximate surface area is 90.8 Å². The van der Waals surface area contributed by atoms with Crippen LogP contribution >= 0.6 is 15.9 Å². The van der Waals surface area contributed by atoms with Crippen LogP contribution in [-0.2, 0) is 11.2 Å². The smallest absolute Gasteiger partial charge is 0.342 e. The largest absolute Gasteiger partial charge is 0.462 e. The van der Waals surface area contributed by atoms with E-state index in [0.717, 1.165) is 6.42 Å². The minimum atomic E-state index is -0.401. The van der Waals surface area contributed by atoms with E-state index in [1.807, 2.05) is 6.92 Å². The van der Waals surface area contributed by atoms with E-state index in [1.54, 1.807) is 6.92 Å². The molecule has 0 unspecified atom stereocenters. The number of halogens is 1. The van der Waals surface area contributed by atoms with E-state index >= 15 is 0 Å². The molecule has 0 N–H and O–H groups in total. The first-order valence-corrected chi connectivity index (χ1v) is 5.16. The predicted octanol–water partition coefficient (Wildman–Crippen LogP) is 1.98. The molecule has 1 rings (SSSR count). The molecule has 14 heavy (non-hydrogen) atoms. The highest BCUT2D eigenvalue weighted by atomic mass is 79.9. The Bertz CT molecular complexity index is 342. The molecule has 4 nitrogen and oxygen atoms in total. The minimum absolute atomic E-state index is 0.348. The number of carbonyl (C=O) groups excluding carboxylic acids is 1. The van der Waals surface area contributed by atoms with Crippen molar-refractivity contribution in [3.8, 4) is 0 Å². The summed E-state index contributed by atoms with van der Waals surface area (Å²) in [6, 6.07) is 0. The van der Waals surface area contributed by atoms with Gasteiger partial charge in [0.25, 0.3) is 0 Å². The summed E-state index contributed by atoms with van der Waals surface area (Å²) in [7, 11) is 0. The van der Waals surface area contributed by atoms with Crippen LogP contribution in [-0.4, -0.2) is 22.5 Å². The molecule has 0 aliphatic heterocycles.